The van der Waals surface area contributed by atoms with Crippen LogP contribution in [0.15, 0.2) is 79.1 Å². The summed E-state index contributed by atoms with van der Waals surface area (Å²) in [6.07, 6.45) is 5.89. The van der Waals surface area contributed by atoms with Crippen molar-refractivity contribution in [2.45, 2.75) is 25.6 Å². The van der Waals surface area contributed by atoms with E-state index in [1.807, 2.05) is 54.9 Å². The summed E-state index contributed by atoms with van der Waals surface area (Å²) in [5.41, 5.74) is 2.38. The van der Waals surface area contributed by atoms with Crippen LogP contribution in [0.1, 0.15) is 18.4 Å². The zero-order valence-corrected chi connectivity index (χ0v) is 15.3. The average Bonchev–Trinajstić information content (AvgIpc) is 2.75. The van der Waals surface area contributed by atoms with Gasteiger partial charge in [0.2, 0.25) is 0 Å². The molecule has 0 N–H and O–H groups in total. The number of nitrogens with zero attached hydrogens (tertiary/aromatic N) is 2. The van der Waals surface area contributed by atoms with Crippen LogP contribution in [0.25, 0.3) is 0 Å². The Morgan fingerprint density at radius 1 is 0.815 bits per heavy atom. The molecule has 0 atom stereocenters. The average molecular weight is 360 g/mol. The highest BCUT2D eigenvalue weighted by molar-refractivity contribution is 5.45. The largest absolute Gasteiger partial charge is 0.486 e. The molecule has 138 valence electrons. The third kappa shape index (κ3) is 4.59. The monoisotopic (exact) mass is 360 g/mol. The van der Waals surface area contributed by atoms with Gasteiger partial charge in [0.25, 0.3) is 0 Å². The van der Waals surface area contributed by atoms with Crippen molar-refractivity contribution in [3.63, 3.8) is 0 Å². The van der Waals surface area contributed by atoms with Gasteiger partial charge in [-0.05, 0) is 29.8 Å². The van der Waals surface area contributed by atoms with E-state index in [1.54, 1.807) is 0 Å². The van der Waals surface area contributed by atoms with Crippen LogP contribution in [0.5, 0.6) is 11.5 Å². The SMILES string of the molecule is c1ccc(COc2ccccc2OC2CCN(c3ccncc3)CC2)cc1. The third-order valence-corrected chi connectivity index (χ3v) is 4.85. The number of aromatic nitrogens is 1. The molecule has 2 heterocycles. The molecular weight excluding hydrogens is 336 g/mol. The Bertz CT molecular complexity index is 831. The number of hydrogen-bond acceptors (Lipinski definition) is 4. The van der Waals surface area contributed by atoms with Gasteiger partial charge < -0.3 is 14.4 Å². The summed E-state index contributed by atoms with van der Waals surface area (Å²) in [6, 6.07) is 22.3. The predicted molar refractivity (Wildman–Crippen MR) is 107 cm³/mol. The van der Waals surface area contributed by atoms with E-state index in [2.05, 4.69) is 34.1 Å². The molecule has 0 bridgehead atoms. The van der Waals surface area contributed by atoms with E-state index in [-0.39, 0.29) is 6.10 Å². The van der Waals surface area contributed by atoms with E-state index in [0.29, 0.717) is 6.61 Å². The molecule has 1 aliphatic heterocycles. The Morgan fingerprint density at radius 2 is 1.48 bits per heavy atom. The zero-order valence-electron chi connectivity index (χ0n) is 15.3. The topological polar surface area (TPSA) is 34.6 Å². The summed E-state index contributed by atoms with van der Waals surface area (Å²) in [5.74, 6) is 1.63. The molecule has 3 aromatic rings. The second-order valence-corrected chi connectivity index (χ2v) is 6.73. The number of hydrogen-bond donors (Lipinski definition) is 0. The van der Waals surface area contributed by atoms with Gasteiger partial charge in [-0.2, -0.15) is 0 Å². The van der Waals surface area contributed by atoms with E-state index in [4.69, 9.17) is 9.47 Å². The Balaban J connectivity index is 1.35. The molecule has 1 aliphatic rings. The lowest BCUT2D eigenvalue weighted by atomic mass is 10.1. The van der Waals surface area contributed by atoms with E-state index in [1.165, 1.54) is 5.69 Å². The first-order chi connectivity index (χ1) is 13.4. The number of anilines is 1. The van der Waals surface area contributed by atoms with Crippen LogP contribution in [-0.2, 0) is 6.61 Å². The molecule has 4 nitrogen and oxygen atoms in total. The van der Waals surface area contributed by atoms with Gasteiger partial charge >= 0.3 is 0 Å². The molecule has 0 unspecified atom stereocenters. The normalized spacial score (nSPS) is 14.7. The Morgan fingerprint density at radius 3 is 2.22 bits per heavy atom. The summed E-state index contributed by atoms with van der Waals surface area (Å²) in [6.45, 7) is 2.52. The highest BCUT2D eigenvalue weighted by atomic mass is 16.5. The minimum atomic E-state index is 0.213. The number of benzene rings is 2. The van der Waals surface area contributed by atoms with Gasteiger partial charge in [-0.25, -0.2) is 0 Å². The van der Waals surface area contributed by atoms with Crippen molar-refractivity contribution < 1.29 is 9.47 Å². The van der Waals surface area contributed by atoms with Gasteiger partial charge in [-0.15, -0.1) is 0 Å². The van der Waals surface area contributed by atoms with Crippen molar-refractivity contribution in [1.82, 2.24) is 4.98 Å². The number of pyridine rings is 1. The lowest BCUT2D eigenvalue weighted by molar-refractivity contribution is 0.160. The molecule has 27 heavy (non-hydrogen) atoms. The quantitative estimate of drug-likeness (QED) is 0.638. The van der Waals surface area contributed by atoms with Gasteiger partial charge in [0.05, 0.1) is 0 Å². The number of rotatable bonds is 6. The number of piperidine rings is 1. The lowest BCUT2D eigenvalue weighted by Crippen LogP contribution is -2.38. The molecular formula is C23H24N2O2. The van der Waals surface area contributed by atoms with Crippen LogP contribution in [0.4, 0.5) is 5.69 Å². The molecule has 0 amide bonds. The summed E-state index contributed by atoms with van der Waals surface area (Å²) in [4.78, 5) is 6.48. The molecule has 4 rings (SSSR count). The van der Waals surface area contributed by atoms with Crippen molar-refractivity contribution in [3.8, 4) is 11.5 Å². The van der Waals surface area contributed by atoms with Gasteiger partial charge in [-0.3, -0.25) is 4.98 Å². The van der Waals surface area contributed by atoms with Crippen LogP contribution in [-0.4, -0.2) is 24.2 Å². The van der Waals surface area contributed by atoms with Gasteiger partial charge in [0.1, 0.15) is 12.7 Å². The highest BCUT2D eigenvalue weighted by Gasteiger charge is 2.21. The van der Waals surface area contributed by atoms with Gasteiger partial charge in [-0.1, -0.05) is 42.5 Å². The first kappa shape index (κ1) is 17.4. The molecule has 4 heteroatoms. The van der Waals surface area contributed by atoms with Crippen molar-refractivity contribution in [2.75, 3.05) is 18.0 Å². The van der Waals surface area contributed by atoms with Crippen LogP contribution in [0.3, 0.4) is 0 Å². The summed E-state index contributed by atoms with van der Waals surface area (Å²) < 4.78 is 12.3. The fourth-order valence-electron chi connectivity index (χ4n) is 3.37. The molecule has 2 aromatic carbocycles. The maximum atomic E-state index is 6.30. The van der Waals surface area contributed by atoms with Gasteiger partial charge in [0, 0.05) is 44.0 Å². The fraction of sp³-hybridized carbons (Fsp3) is 0.261. The van der Waals surface area contributed by atoms with E-state index in [0.717, 1.165) is 43.0 Å². The molecule has 1 aromatic heterocycles. The smallest absolute Gasteiger partial charge is 0.161 e. The zero-order chi connectivity index (χ0) is 18.3. The highest BCUT2D eigenvalue weighted by Crippen LogP contribution is 2.30. The fourth-order valence-corrected chi connectivity index (χ4v) is 3.37. The minimum absolute atomic E-state index is 0.213. The maximum Gasteiger partial charge on any atom is 0.161 e. The van der Waals surface area contributed by atoms with Crippen molar-refractivity contribution in [3.05, 3.63) is 84.7 Å². The molecule has 0 saturated carbocycles. The second-order valence-electron chi connectivity index (χ2n) is 6.73. The molecule has 0 spiro atoms. The Hall–Kier alpha value is -3.01. The van der Waals surface area contributed by atoms with E-state index >= 15 is 0 Å². The standard InChI is InChI=1S/C23H24N2O2/c1-2-6-19(7-3-1)18-26-22-8-4-5-9-23(22)27-21-12-16-25(17-13-21)20-10-14-24-15-11-20/h1-11,14-15,21H,12-13,16-18H2. The predicted octanol–water partition coefficient (Wildman–Crippen LogP) is 4.71. The first-order valence-electron chi connectivity index (χ1n) is 9.46. The Kier molecular flexibility index (Phi) is 5.53. The number of ether oxygens (including phenoxy) is 2. The van der Waals surface area contributed by atoms with Crippen LogP contribution >= 0.6 is 0 Å². The van der Waals surface area contributed by atoms with Crippen LogP contribution in [0, 0.1) is 0 Å². The molecule has 0 radical (unpaired) electrons. The minimum Gasteiger partial charge on any atom is -0.486 e. The van der Waals surface area contributed by atoms with E-state index < -0.39 is 0 Å². The van der Waals surface area contributed by atoms with E-state index in [9.17, 15) is 0 Å². The molecule has 0 aliphatic carbocycles. The van der Waals surface area contributed by atoms with Crippen LogP contribution < -0.4 is 14.4 Å². The summed E-state index contributed by atoms with van der Waals surface area (Å²) in [7, 11) is 0. The maximum absolute atomic E-state index is 6.30. The molecule has 1 saturated heterocycles. The molecule has 1 fully saturated rings. The van der Waals surface area contributed by atoms with Gasteiger partial charge in [0.15, 0.2) is 11.5 Å². The third-order valence-electron chi connectivity index (χ3n) is 4.85. The van der Waals surface area contributed by atoms with Crippen molar-refractivity contribution >= 4 is 5.69 Å². The Labute approximate surface area is 160 Å². The second kappa shape index (κ2) is 8.58. The lowest BCUT2D eigenvalue weighted by Gasteiger charge is -2.33. The summed E-state index contributed by atoms with van der Waals surface area (Å²) >= 11 is 0. The summed E-state index contributed by atoms with van der Waals surface area (Å²) in [5, 5.41) is 0. The van der Waals surface area contributed by atoms with Crippen molar-refractivity contribution in [2.24, 2.45) is 0 Å². The first-order valence-corrected chi connectivity index (χ1v) is 9.46. The van der Waals surface area contributed by atoms with Crippen molar-refractivity contribution in [1.29, 1.82) is 0 Å². The van der Waals surface area contributed by atoms with Crippen LogP contribution in [0.2, 0.25) is 0 Å². The number of para-hydroxylation sites is 2.